The van der Waals surface area contributed by atoms with Gasteiger partial charge in [0.25, 0.3) is 0 Å². The van der Waals surface area contributed by atoms with Gasteiger partial charge in [0.05, 0.1) is 16.1 Å². The Labute approximate surface area is 191 Å². The largest absolute Gasteiger partial charge is 0.441 e. The molecule has 0 aliphatic heterocycles. The Morgan fingerprint density at radius 1 is 1.16 bits per heavy atom. The predicted molar refractivity (Wildman–Crippen MR) is 121 cm³/mol. The minimum absolute atomic E-state index is 0.109. The monoisotopic (exact) mass is 481 g/mol. The van der Waals surface area contributed by atoms with Crippen molar-refractivity contribution in [3.8, 4) is 11.3 Å². The molecule has 0 saturated carbocycles. The first-order valence-corrected chi connectivity index (χ1v) is 11.5. The number of hydrogen-bond acceptors (Lipinski definition) is 5. The molecule has 3 rings (SSSR count). The molecule has 31 heavy (non-hydrogen) atoms. The average molecular weight is 482 g/mol. The summed E-state index contributed by atoms with van der Waals surface area (Å²) < 4.78 is 31.7. The summed E-state index contributed by atoms with van der Waals surface area (Å²) in [5, 5.41) is 3.67. The molecule has 0 spiro atoms. The van der Waals surface area contributed by atoms with Crippen LogP contribution in [0.5, 0.6) is 0 Å². The van der Waals surface area contributed by atoms with Crippen LogP contribution in [-0.4, -0.2) is 37.7 Å². The van der Waals surface area contributed by atoms with Crippen LogP contribution in [-0.2, 0) is 21.2 Å². The maximum Gasteiger partial charge on any atom is 0.242 e. The summed E-state index contributed by atoms with van der Waals surface area (Å²) in [7, 11) is -0.693. The highest BCUT2D eigenvalue weighted by molar-refractivity contribution is 7.89. The lowest BCUT2D eigenvalue weighted by Gasteiger charge is -2.15. The SMILES string of the molecule is Cc1ccc(NC(=O)CCc2ncc(-c3ccc(Cl)cc3Cl)o2)cc1S(=O)(=O)N(C)C. The number of aromatic nitrogens is 1. The molecular formula is C21H21Cl2N3O4S. The molecule has 3 aromatic rings. The number of benzene rings is 2. The highest BCUT2D eigenvalue weighted by atomic mass is 35.5. The number of carbonyl (C=O) groups is 1. The Balaban J connectivity index is 1.66. The summed E-state index contributed by atoms with van der Waals surface area (Å²) in [5.41, 5.74) is 1.65. The first kappa shape index (κ1) is 23.3. The van der Waals surface area contributed by atoms with Crippen LogP contribution >= 0.6 is 23.2 Å². The first-order chi connectivity index (χ1) is 14.6. The third-order valence-corrected chi connectivity index (χ3v) is 7.05. The van der Waals surface area contributed by atoms with Gasteiger partial charge in [0.1, 0.15) is 0 Å². The molecule has 0 atom stereocenters. The number of halogens is 2. The third-order valence-electron chi connectivity index (χ3n) is 4.55. The van der Waals surface area contributed by atoms with Gasteiger partial charge in [0.2, 0.25) is 15.9 Å². The number of rotatable bonds is 7. The number of nitrogens with zero attached hydrogens (tertiary/aromatic N) is 2. The quantitative estimate of drug-likeness (QED) is 0.524. The maximum atomic E-state index is 12.4. The number of sulfonamides is 1. The molecule has 0 radical (unpaired) electrons. The molecule has 10 heteroatoms. The molecule has 0 unspecified atom stereocenters. The van der Waals surface area contributed by atoms with Crippen molar-refractivity contribution in [3.05, 3.63) is 64.1 Å². The van der Waals surface area contributed by atoms with E-state index in [1.54, 1.807) is 43.5 Å². The van der Waals surface area contributed by atoms with Gasteiger partial charge in [-0.3, -0.25) is 4.79 Å². The van der Waals surface area contributed by atoms with Crippen LogP contribution in [0.25, 0.3) is 11.3 Å². The van der Waals surface area contributed by atoms with E-state index in [9.17, 15) is 13.2 Å². The molecule has 0 aliphatic rings. The van der Waals surface area contributed by atoms with Crippen LogP contribution in [0.15, 0.2) is 51.9 Å². The first-order valence-electron chi connectivity index (χ1n) is 9.31. The van der Waals surface area contributed by atoms with Gasteiger partial charge >= 0.3 is 0 Å². The Morgan fingerprint density at radius 3 is 2.58 bits per heavy atom. The molecule has 7 nitrogen and oxygen atoms in total. The summed E-state index contributed by atoms with van der Waals surface area (Å²) >= 11 is 12.1. The van der Waals surface area contributed by atoms with Crippen molar-refractivity contribution in [2.45, 2.75) is 24.7 Å². The van der Waals surface area contributed by atoms with Crippen LogP contribution < -0.4 is 5.32 Å². The molecule has 0 saturated heterocycles. The van der Waals surface area contributed by atoms with Crippen molar-refractivity contribution >= 4 is 44.8 Å². The van der Waals surface area contributed by atoms with Crippen molar-refractivity contribution < 1.29 is 17.6 Å². The number of anilines is 1. The van der Waals surface area contributed by atoms with Crippen LogP contribution in [0.4, 0.5) is 5.69 Å². The lowest BCUT2D eigenvalue weighted by molar-refractivity contribution is -0.116. The minimum Gasteiger partial charge on any atom is -0.441 e. The average Bonchev–Trinajstić information content (AvgIpc) is 3.16. The Bertz CT molecular complexity index is 1220. The van der Waals surface area contributed by atoms with Gasteiger partial charge in [-0.1, -0.05) is 29.3 Å². The number of carbonyl (C=O) groups excluding carboxylic acids is 1. The zero-order chi connectivity index (χ0) is 22.8. The molecule has 0 aliphatic carbocycles. The fourth-order valence-corrected chi connectivity index (χ4v) is 4.48. The second-order valence-corrected chi connectivity index (χ2v) is 10.0. The van der Waals surface area contributed by atoms with E-state index in [4.69, 9.17) is 27.6 Å². The van der Waals surface area contributed by atoms with Crippen molar-refractivity contribution in [1.29, 1.82) is 0 Å². The molecule has 1 N–H and O–H groups in total. The fourth-order valence-electron chi connectivity index (χ4n) is 2.84. The number of oxazole rings is 1. The summed E-state index contributed by atoms with van der Waals surface area (Å²) in [6.07, 6.45) is 1.92. The van der Waals surface area contributed by atoms with Crippen molar-refractivity contribution in [3.63, 3.8) is 0 Å². The predicted octanol–water partition coefficient (Wildman–Crippen LogP) is 4.78. The summed E-state index contributed by atoms with van der Waals surface area (Å²) in [4.78, 5) is 16.7. The van der Waals surface area contributed by atoms with Gasteiger partial charge in [-0.05, 0) is 42.8 Å². The second-order valence-electron chi connectivity index (χ2n) is 7.06. The fraction of sp³-hybridized carbons (Fsp3) is 0.238. The van der Waals surface area contributed by atoms with Crippen LogP contribution in [0.2, 0.25) is 10.0 Å². The van der Waals surface area contributed by atoms with Crippen molar-refractivity contribution in [2.75, 3.05) is 19.4 Å². The van der Waals surface area contributed by atoms with E-state index in [0.29, 0.717) is 38.5 Å². The zero-order valence-corrected chi connectivity index (χ0v) is 19.5. The van der Waals surface area contributed by atoms with E-state index in [1.165, 1.54) is 20.2 Å². The van der Waals surface area contributed by atoms with E-state index in [0.717, 1.165) is 4.31 Å². The summed E-state index contributed by atoms with van der Waals surface area (Å²) in [5.74, 6) is 0.575. The van der Waals surface area contributed by atoms with Gasteiger partial charge in [-0.2, -0.15) is 0 Å². The van der Waals surface area contributed by atoms with Crippen LogP contribution in [0.3, 0.4) is 0 Å². The molecule has 1 heterocycles. The van der Waals surface area contributed by atoms with E-state index in [1.807, 2.05) is 0 Å². The molecule has 2 aromatic carbocycles. The van der Waals surface area contributed by atoms with E-state index >= 15 is 0 Å². The van der Waals surface area contributed by atoms with Gasteiger partial charge in [0.15, 0.2) is 11.7 Å². The lowest BCUT2D eigenvalue weighted by Crippen LogP contribution is -2.23. The van der Waals surface area contributed by atoms with Crippen molar-refractivity contribution in [1.82, 2.24) is 9.29 Å². The van der Waals surface area contributed by atoms with E-state index in [2.05, 4.69) is 10.3 Å². The lowest BCUT2D eigenvalue weighted by atomic mass is 10.2. The van der Waals surface area contributed by atoms with Crippen LogP contribution in [0.1, 0.15) is 17.9 Å². The highest BCUT2D eigenvalue weighted by Crippen LogP contribution is 2.31. The van der Waals surface area contributed by atoms with Crippen molar-refractivity contribution in [2.24, 2.45) is 0 Å². The number of aryl methyl sites for hydroxylation is 2. The van der Waals surface area contributed by atoms with E-state index in [-0.39, 0.29) is 23.6 Å². The molecule has 1 aromatic heterocycles. The Kier molecular flexibility index (Phi) is 7.06. The van der Waals surface area contributed by atoms with E-state index < -0.39 is 10.0 Å². The molecular weight excluding hydrogens is 461 g/mol. The number of hydrogen-bond donors (Lipinski definition) is 1. The smallest absolute Gasteiger partial charge is 0.242 e. The third kappa shape index (κ3) is 5.46. The van der Waals surface area contributed by atoms with Gasteiger partial charge in [0, 0.05) is 43.2 Å². The normalized spacial score (nSPS) is 11.7. The van der Waals surface area contributed by atoms with Gasteiger partial charge < -0.3 is 9.73 Å². The number of nitrogens with one attached hydrogen (secondary N) is 1. The van der Waals surface area contributed by atoms with Gasteiger partial charge in [-0.25, -0.2) is 17.7 Å². The zero-order valence-electron chi connectivity index (χ0n) is 17.1. The summed E-state index contributed by atoms with van der Waals surface area (Å²) in [6, 6.07) is 9.81. The maximum absolute atomic E-state index is 12.4. The Hall–Kier alpha value is -2.39. The molecule has 164 valence electrons. The standard InChI is InChI=1S/C21H21Cl2N3O4S/c1-13-4-6-15(11-19(13)31(28,29)26(2)3)25-20(27)8-9-21-24-12-18(30-21)16-7-5-14(22)10-17(16)23/h4-7,10-12H,8-9H2,1-3H3,(H,25,27). The minimum atomic E-state index is -3.61. The second kappa shape index (κ2) is 9.40. The Morgan fingerprint density at radius 2 is 1.90 bits per heavy atom. The number of amides is 1. The molecule has 1 amide bonds. The highest BCUT2D eigenvalue weighted by Gasteiger charge is 2.20. The molecule has 0 bridgehead atoms. The van der Waals surface area contributed by atoms with Gasteiger partial charge in [-0.15, -0.1) is 0 Å². The topological polar surface area (TPSA) is 92.5 Å². The summed E-state index contributed by atoms with van der Waals surface area (Å²) in [6.45, 7) is 1.70. The van der Waals surface area contributed by atoms with Crippen LogP contribution in [0, 0.1) is 6.92 Å². The molecule has 0 fully saturated rings.